The fraction of sp³-hybridized carbons (Fsp3) is 0.750. The van der Waals surface area contributed by atoms with Crippen LogP contribution in [0.4, 0.5) is 0 Å². The number of aryl methyl sites for hydroxylation is 3. The van der Waals surface area contributed by atoms with E-state index in [4.69, 9.17) is 0 Å². The second kappa shape index (κ2) is 2.64. The van der Waals surface area contributed by atoms with Gasteiger partial charge in [0, 0.05) is 19.4 Å². The Balaban J connectivity index is 2.20. The third-order valence-corrected chi connectivity index (χ3v) is 2.04. The van der Waals surface area contributed by atoms with Crippen molar-refractivity contribution in [1.82, 2.24) is 14.8 Å². The average molecular weight is 151 g/mol. The van der Waals surface area contributed by atoms with Crippen LogP contribution in [0.2, 0.25) is 0 Å². The summed E-state index contributed by atoms with van der Waals surface area (Å²) in [5, 5.41) is 4.39. The molecule has 1 aliphatic rings. The molecule has 0 saturated heterocycles. The first-order chi connectivity index (χ1) is 5.40. The largest absolute Gasteiger partial charge is 0.250 e. The highest BCUT2D eigenvalue weighted by Gasteiger charge is 2.13. The van der Waals surface area contributed by atoms with Crippen LogP contribution in [-0.4, -0.2) is 14.8 Å². The highest BCUT2D eigenvalue weighted by molar-refractivity contribution is 4.96. The first-order valence-corrected chi connectivity index (χ1v) is 4.32. The maximum atomic E-state index is 4.43. The van der Waals surface area contributed by atoms with E-state index < -0.39 is 0 Å². The summed E-state index contributed by atoms with van der Waals surface area (Å²) in [4.78, 5) is 4.43. The summed E-state index contributed by atoms with van der Waals surface area (Å²) in [6, 6.07) is 0. The summed E-state index contributed by atoms with van der Waals surface area (Å²) in [7, 11) is 0. The molecule has 0 aromatic carbocycles. The quantitative estimate of drug-likeness (QED) is 0.635. The Kier molecular flexibility index (Phi) is 1.64. The first kappa shape index (κ1) is 6.83. The molecule has 60 valence electrons. The Labute approximate surface area is 66.4 Å². The minimum atomic E-state index is 1.03. The maximum Gasteiger partial charge on any atom is 0.150 e. The molecule has 1 aromatic rings. The van der Waals surface area contributed by atoms with Crippen LogP contribution in [0.1, 0.15) is 31.4 Å². The molecule has 11 heavy (non-hydrogen) atoms. The lowest BCUT2D eigenvalue weighted by atomic mass is 10.3. The summed E-state index contributed by atoms with van der Waals surface area (Å²) in [6.07, 6.45) is 4.52. The Bertz CT molecular complexity index is 230. The maximum absolute atomic E-state index is 4.43. The van der Waals surface area contributed by atoms with E-state index in [0.717, 1.165) is 31.6 Å². The van der Waals surface area contributed by atoms with Gasteiger partial charge >= 0.3 is 0 Å². The van der Waals surface area contributed by atoms with Gasteiger partial charge in [0.25, 0.3) is 0 Å². The van der Waals surface area contributed by atoms with Crippen molar-refractivity contribution in [3.63, 3.8) is 0 Å². The molecule has 1 aromatic heterocycles. The molecule has 0 amide bonds. The lowest BCUT2D eigenvalue weighted by Crippen LogP contribution is -1.95. The monoisotopic (exact) mass is 151 g/mol. The number of fused-ring (bicyclic) bond motifs is 1. The molecule has 0 N–H and O–H groups in total. The molecule has 0 aliphatic carbocycles. The normalized spacial score (nSPS) is 15.4. The summed E-state index contributed by atoms with van der Waals surface area (Å²) in [5.41, 5.74) is 0. The lowest BCUT2D eigenvalue weighted by molar-refractivity contribution is 0.640. The molecule has 2 rings (SSSR count). The van der Waals surface area contributed by atoms with Gasteiger partial charge in [-0.1, -0.05) is 6.92 Å². The fourth-order valence-electron chi connectivity index (χ4n) is 1.51. The summed E-state index contributed by atoms with van der Waals surface area (Å²) < 4.78 is 2.05. The molecule has 3 nitrogen and oxygen atoms in total. The summed E-state index contributed by atoms with van der Waals surface area (Å²) >= 11 is 0. The Morgan fingerprint density at radius 1 is 1.55 bits per heavy atom. The van der Waals surface area contributed by atoms with Crippen LogP contribution in [0, 0.1) is 0 Å². The van der Waals surface area contributed by atoms with Crippen LogP contribution in [0.3, 0.4) is 0 Å². The molecule has 0 radical (unpaired) electrons. The van der Waals surface area contributed by atoms with Crippen molar-refractivity contribution < 1.29 is 0 Å². The topological polar surface area (TPSA) is 30.7 Å². The van der Waals surface area contributed by atoms with E-state index in [0.29, 0.717) is 0 Å². The van der Waals surface area contributed by atoms with Crippen molar-refractivity contribution >= 4 is 0 Å². The Hall–Kier alpha value is -0.860. The van der Waals surface area contributed by atoms with E-state index in [-0.39, 0.29) is 0 Å². The average Bonchev–Trinajstić information content (AvgIpc) is 2.46. The molecule has 0 bridgehead atoms. The van der Waals surface area contributed by atoms with Gasteiger partial charge in [-0.15, -0.1) is 0 Å². The van der Waals surface area contributed by atoms with E-state index >= 15 is 0 Å². The van der Waals surface area contributed by atoms with Crippen molar-refractivity contribution in [2.24, 2.45) is 0 Å². The molecule has 1 aliphatic heterocycles. The highest BCUT2D eigenvalue weighted by Crippen LogP contribution is 2.11. The van der Waals surface area contributed by atoms with Gasteiger partial charge in [-0.05, 0) is 12.8 Å². The van der Waals surface area contributed by atoms with Crippen LogP contribution in [0.5, 0.6) is 0 Å². The van der Waals surface area contributed by atoms with Crippen molar-refractivity contribution in [3.8, 4) is 0 Å². The molecule has 0 unspecified atom stereocenters. The van der Waals surface area contributed by atoms with E-state index in [9.17, 15) is 0 Å². The molecule has 3 heteroatoms. The first-order valence-electron chi connectivity index (χ1n) is 4.32. The molecular formula is C8H13N3. The third-order valence-electron chi connectivity index (χ3n) is 2.04. The number of aromatic nitrogens is 3. The molecule has 0 fully saturated rings. The smallest absolute Gasteiger partial charge is 0.150 e. The van der Waals surface area contributed by atoms with Crippen molar-refractivity contribution in [2.45, 2.75) is 39.2 Å². The van der Waals surface area contributed by atoms with Crippen LogP contribution in [-0.2, 0) is 19.4 Å². The second-order valence-electron chi connectivity index (χ2n) is 3.02. The van der Waals surface area contributed by atoms with Gasteiger partial charge in [-0.25, -0.2) is 9.67 Å². The van der Waals surface area contributed by atoms with Crippen LogP contribution >= 0.6 is 0 Å². The molecule has 0 atom stereocenters. The predicted molar refractivity (Wildman–Crippen MR) is 42.3 cm³/mol. The predicted octanol–water partition coefficient (Wildman–Crippen LogP) is 1.18. The van der Waals surface area contributed by atoms with Gasteiger partial charge in [0.2, 0.25) is 0 Å². The van der Waals surface area contributed by atoms with Gasteiger partial charge in [-0.2, -0.15) is 5.10 Å². The van der Waals surface area contributed by atoms with Gasteiger partial charge in [0.1, 0.15) is 5.82 Å². The van der Waals surface area contributed by atoms with Gasteiger partial charge in [0.05, 0.1) is 0 Å². The zero-order valence-corrected chi connectivity index (χ0v) is 6.88. The standard InChI is InChI=1S/C8H13N3/c1-2-4-7-9-8-5-3-6-11(8)10-7/h2-6H2,1H3. The fourth-order valence-corrected chi connectivity index (χ4v) is 1.51. The minimum Gasteiger partial charge on any atom is -0.250 e. The molecule has 2 heterocycles. The number of nitrogens with zero attached hydrogens (tertiary/aromatic N) is 3. The van der Waals surface area contributed by atoms with Crippen LogP contribution < -0.4 is 0 Å². The zero-order valence-electron chi connectivity index (χ0n) is 6.88. The molecule has 0 saturated carbocycles. The van der Waals surface area contributed by atoms with Gasteiger partial charge in [-0.3, -0.25) is 0 Å². The molecule has 0 spiro atoms. The molecular weight excluding hydrogens is 138 g/mol. The number of hydrogen-bond donors (Lipinski definition) is 0. The van der Waals surface area contributed by atoms with Crippen molar-refractivity contribution in [1.29, 1.82) is 0 Å². The Morgan fingerprint density at radius 2 is 2.45 bits per heavy atom. The summed E-state index contributed by atoms with van der Waals surface area (Å²) in [5.74, 6) is 2.22. The van der Waals surface area contributed by atoms with Crippen molar-refractivity contribution in [2.75, 3.05) is 0 Å². The Morgan fingerprint density at radius 3 is 3.18 bits per heavy atom. The van der Waals surface area contributed by atoms with Gasteiger partial charge < -0.3 is 0 Å². The van der Waals surface area contributed by atoms with Crippen LogP contribution in [0.15, 0.2) is 0 Å². The number of rotatable bonds is 2. The van der Waals surface area contributed by atoms with E-state index in [1.807, 2.05) is 4.68 Å². The zero-order chi connectivity index (χ0) is 7.68. The van der Waals surface area contributed by atoms with Gasteiger partial charge in [0.15, 0.2) is 5.82 Å². The van der Waals surface area contributed by atoms with Crippen molar-refractivity contribution in [3.05, 3.63) is 11.6 Å². The SMILES string of the molecule is CCCc1nc2n(n1)CCC2. The number of hydrogen-bond acceptors (Lipinski definition) is 2. The van der Waals surface area contributed by atoms with E-state index in [2.05, 4.69) is 17.0 Å². The van der Waals surface area contributed by atoms with E-state index in [1.54, 1.807) is 0 Å². The third kappa shape index (κ3) is 1.15. The second-order valence-corrected chi connectivity index (χ2v) is 3.02. The lowest BCUT2D eigenvalue weighted by Gasteiger charge is -1.89. The van der Waals surface area contributed by atoms with Crippen LogP contribution in [0.25, 0.3) is 0 Å². The minimum absolute atomic E-state index is 1.03. The summed E-state index contributed by atoms with van der Waals surface area (Å²) in [6.45, 7) is 3.23. The highest BCUT2D eigenvalue weighted by atomic mass is 15.4. The van der Waals surface area contributed by atoms with E-state index in [1.165, 1.54) is 12.2 Å².